The molecule has 15 N–H and O–H groups in total. The number of rotatable bonds is 22. The van der Waals surface area contributed by atoms with E-state index in [0.29, 0.717) is 0 Å². The van der Waals surface area contributed by atoms with Crippen LogP contribution in [0, 0.1) is 0 Å². The van der Waals surface area contributed by atoms with Crippen LogP contribution < -0.4 is 39.3 Å². The fourth-order valence-corrected chi connectivity index (χ4v) is 6.98. The Balaban J connectivity index is 2.24. The number of amides is 5. The lowest BCUT2D eigenvalue weighted by molar-refractivity contribution is -0.162. The van der Waals surface area contributed by atoms with Gasteiger partial charge in [-0.15, -0.1) is 11.8 Å². The number of β-lactam (4-membered cyclic amide) rings is 1. The zero-order valence-corrected chi connectivity index (χ0v) is 29.4. The Morgan fingerprint density at radius 3 is 2.31 bits per heavy atom. The number of carbonyl (C=O) groups excluding carboxylic acids is 6. The van der Waals surface area contributed by atoms with Crippen molar-refractivity contribution in [2.45, 2.75) is 93.7 Å². The highest BCUT2D eigenvalue weighted by Crippen LogP contribution is 2.45. The van der Waals surface area contributed by atoms with Crippen molar-refractivity contribution in [1.29, 1.82) is 0 Å². The van der Waals surface area contributed by atoms with E-state index < -0.39 is 102 Å². The molecule has 2 aliphatic heterocycles. The van der Waals surface area contributed by atoms with Crippen molar-refractivity contribution >= 4 is 65.7 Å². The minimum absolute atomic E-state index is 0.00624. The number of carboxylic acid groups (broad SMARTS) is 2. The highest BCUT2D eigenvalue weighted by Gasteiger charge is 2.66. The van der Waals surface area contributed by atoms with Gasteiger partial charge in [-0.2, -0.15) is 0 Å². The van der Waals surface area contributed by atoms with Gasteiger partial charge in [0.15, 0.2) is 5.96 Å². The molecule has 0 radical (unpaired) electrons. The standard InChI is InChI=1S/C29H46N10O12S/c1-13(30)23(45)38(14(2)22(32)44)17(6-4-8-35-28(33)34)18(41)9-20(43)51-10-15-11-52-27-29(36-12-40,26(50)39(27)21(15)25(48)49)37-19(42)7-3-5-16(31)24(46)47/h12-14,16-18,27,41H,3-11,30-31H2,1-2H3,(H2,32,44)(H,36,40)(H,37,42)(H,46,47)(H,48,49)(H4,33,34,35)/t13-,14+,16-,17+,18-,27-,29-/m1/s1. The lowest BCUT2D eigenvalue weighted by Crippen LogP contribution is -2.85. The number of aliphatic imine (C=N–C) groups is 1. The van der Waals surface area contributed by atoms with Crippen LogP contribution in [0.25, 0.3) is 0 Å². The van der Waals surface area contributed by atoms with Crippen molar-refractivity contribution in [3.63, 3.8) is 0 Å². The van der Waals surface area contributed by atoms with Crippen molar-refractivity contribution in [1.82, 2.24) is 20.4 Å². The van der Waals surface area contributed by atoms with Gasteiger partial charge in [-0.05, 0) is 39.5 Å². The smallest absolute Gasteiger partial charge is 0.352 e. The number of esters is 1. The second-order valence-electron chi connectivity index (χ2n) is 12.1. The predicted molar refractivity (Wildman–Crippen MR) is 182 cm³/mol. The van der Waals surface area contributed by atoms with E-state index in [1.165, 1.54) is 13.8 Å². The molecule has 0 spiro atoms. The first-order valence-electron chi connectivity index (χ1n) is 16.0. The number of aliphatic hydroxyl groups excluding tert-OH is 1. The first-order valence-corrected chi connectivity index (χ1v) is 17.0. The fourth-order valence-electron chi connectivity index (χ4n) is 5.57. The van der Waals surface area contributed by atoms with Crippen molar-refractivity contribution < 1.29 is 58.4 Å². The lowest BCUT2D eigenvalue weighted by Gasteiger charge is -2.56. The molecule has 0 aromatic heterocycles. The maximum absolute atomic E-state index is 13.4. The highest BCUT2D eigenvalue weighted by molar-refractivity contribution is 8.00. The molecule has 5 amide bonds. The van der Waals surface area contributed by atoms with Gasteiger partial charge in [-0.25, -0.2) is 4.79 Å². The molecule has 7 atom stereocenters. The van der Waals surface area contributed by atoms with Gasteiger partial charge in [0.05, 0.1) is 24.6 Å². The minimum Gasteiger partial charge on any atom is -0.480 e. The number of guanidine groups is 1. The van der Waals surface area contributed by atoms with E-state index in [9.17, 15) is 48.6 Å². The second-order valence-corrected chi connectivity index (χ2v) is 13.2. The number of hydrogen-bond acceptors (Lipinski definition) is 14. The molecule has 1 fully saturated rings. The van der Waals surface area contributed by atoms with Gasteiger partial charge in [-0.3, -0.25) is 43.5 Å². The van der Waals surface area contributed by atoms with E-state index in [2.05, 4.69) is 15.6 Å². The van der Waals surface area contributed by atoms with E-state index in [0.717, 1.165) is 21.6 Å². The number of nitrogens with two attached hydrogens (primary N) is 5. The summed E-state index contributed by atoms with van der Waals surface area (Å²) in [5.41, 5.74) is 24.8. The van der Waals surface area contributed by atoms with Crippen LogP contribution in [0.4, 0.5) is 0 Å². The molecular weight excluding hydrogens is 712 g/mol. The zero-order valence-electron chi connectivity index (χ0n) is 28.6. The average molecular weight is 759 g/mol. The van der Waals surface area contributed by atoms with E-state index in [-0.39, 0.29) is 62.3 Å². The maximum atomic E-state index is 13.4. The third-order valence-corrected chi connectivity index (χ3v) is 9.62. The fraction of sp³-hybridized carbons (Fsp3) is 0.621. The number of aliphatic carboxylic acids is 2. The van der Waals surface area contributed by atoms with E-state index >= 15 is 0 Å². The van der Waals surface area contributed by atoms with Crippen molar-refractivity contribution in [2.24, 2.45) is 33.7 Å². The third kappa shape index (κ3) is 10.5. The molecule has 0 aromatic rings. The Labute approximate surface area is 301 Å². The van der Waals surface area contributed by atoms with Gasteiger partial charge in [-0.1, -0.05) is 0 Å². The van der Waals surface area contributed by atoms with Gasteiger partial charge < -0.3 is 64.3 Å². The summed E-state index contributed by atoms with van der Waals surface area (Å²) in [6, 6.07) is -4.77. The van der Waals surface area contributed by atoms with E-state index in [1.807, 2.05) is 0 Å². The predicted octanol–water partition coefficient (Wildman–Crippen LogP) is -4.85. The van der Waals surface area contributed by atoms with Crippen LogP contribution >= 0.6 is 11.8 Å². The van der Waals surface area contributed by atoms with Crippen LogP contribution in [0.5, 0.6) is 0 Å². The van der Waals surface area contributed by atoms with Gasteiger partial charge in [0, 0.05) is 24.3 Å². The second kappa shape index (κ2) is 19.0. The molecule has 2 aliphatic rings. The number of carbonyl (C=O) groups is 8. The van der Waals surface area contributed by atoms with Crippen LogP contribution in [0.1, 0.15) is 52.4 Å². The van der Waals surface area contributed by atoms with Crippen molar-refractivity contribution in [2.75, 3.05) is 18.9 Å². The van der Waals surface area contributed by atoms with Gasteiger partial charge in [0.1, 0.15) is 29.8 Å². The first-order chi connectivity index (χ1) is 24.3. The average Bonchev–Trinajstić information content (AvgIpc) is 3.06. The Bertz CT molecular complexity index is 1470. The lowest BCUT2D eigenvalue weighted by atomic mass is 9.94. The topological polar surface area (TPSA) is 379 Å². The van der Waals surface area contributed by atoms with Crippen molar-refractivity contribution in [3.05, 3.63) is 11.3 Å². The summed E-state index contributed by atoms with van der Waals surface area (Å²) in [5.74, 6) is -7.61. The molecular formula is C29H46N10O12S. The van der Waals surface area contributed by atoms with Gasteiger partial charge >= 0.3 is 17.9 Å². The van der Waals surface area contributed by atoms with Crippen LogP contribution in [0.2, 0.25) is 0 Å². The zero-order chi connectivity index (χ0) is 39.5. The Hall–Kier alpha value is -5.00. The molecule has 0 aliphatic carbocycles. The summed E-state index contributed by atoms with van der Waals surface area (Å²) in [4.78, 5) is 105. The molecule has 0 bridgehead atoms. The first kappa shape index (κ1) is 43.2. The Morgan fingerprint density at radius 1 is 1.12 bits per heavy atom. The molecule has 23 heteroatoms. The van der Waals surface area contributed by atoms with E-state index in [4.69, 9.17) is 38.5 Å². The summed E-state index contributed by atoms with van der Waals surface area (Å²) in [6.07, 6.45) is -2.28. The molecule has 0 unspecified atom stereocenters. The quantitative estimate of drug-likeness (QED) is 0.00941. The number of nitrogens with one attached hydrogen (secondary N) is 2. The number of thioether (sulfide) groups is 1. The number of aliphatic hydroxyl groups is 1. The molecule has 22 nitrogen and oxygen atoms in total. The summed E-state index contributed by atoms with van der Waals surface area (Å²) in [6.45, 7) is 2.12. The number of carboxylic acids is 2. The van der Waals surface area contributed by atoms with Crippen LogP contribution in [0.15, 0.2) is 16.3 Å². The monoisotopic (exact) mass is 758 g/mol. The molecule has 2 rings (SSSR count). The van der Waals surface area contributed by atoms with Crippen molar-refractivity contribution in [3.8, 4) is 0 Å². The van der Waals surface area contributed by atoms with Gasteiger partial charge in [0.25, 0.3) is 5.91 Å². The third-order valence-electron chi connectivity index (χ3n) is 8.22. The van der Waals surface area contributed by atoms with Gasteiger partial charge in [0.2, 0.25) is 29.8 Å². The molecule has 290 valence electrons. The van der Waals surface area contributed by atoms with Crippen LogP contribution in [-0.2, 0) is 43.1 Å². The molecule has 1 saturated heterocycles. The Morgan fingerprint density at radius 2 is 1.77 bits per heavy atom. The normalized spacial score (nSPS) is 20.8. The largest absolute Gasteiger partial charge is 0.480 e. The summed E-state index contributed by atoms with van der Waals surface area (Å²) in [5, 5.41) is 33.7. The molecule has 0 saturated carbocycles. The molecule has 0 aromatic carbocycles. The number of ether oxygens (including phenoxy) is 1. The Kier molecular flexibility index (Phi) is 15.8. The summed E-state index contributed by atoms with van der Waals surface area (Å²) < 4.78 is 5.28. The van der Waals surface area contributed by atoms with E-state index in [1.54, 1.807) is 0 Å². The molecule has 52 heavy (non-hydrogen) atoms. The summed E-state index contributed by atoms with van der Waals surface area (Å²) >= 11 is 0.948. The maximum Gasteiger partial charge on any atom is 0.352 e. The number of fused-ring (bicyclic) bond motifs is 1. The van der Waals surface area contributed by atoms with Crippen LogP contribution in [-0.4, -0.2) is 139 Å². The number of hydrogen-bond donors (Lipinski definition) is 10. The molecule has 2 heterocycles. The SMILES string of the molecule is C[C@@H](N)C(=O)N([C@@H](C)C(N)=O)[C@@H](CCCN=C(N)N)[C@H](O)CC(=O)OCC1=C(C(=O)O)N2C(=O)[C@@](NC=O)(NC(=O)CCC[C@@H](N)C(=O)O)[C@H]2SC1. The number of nitrogens with zero attached hydrogens (tertiary/aromatic N) is 3. The number of primary amides is 1. The summed E-state index contributed by atoms with van der Waals surface area (Å²) in [7, 11) is 0. The highest BCUT2D eigenvalue weighted by atomic mass is 32.2. The minimum atomic E-state index is -2.02. The van der Waals surface area contributed by atoms with Crippen LogP contribution in [0.3, 0.4) is 0 Å².